The molecule has 92 valence electrons. The Balaban J connectivity index is 1.72. The van der Waals surface area contributed by atoms with Gasteiger partial charge in [-0.2, -0.15) is 0 Å². The molecular formula is C13H11FN2O2. The van der Waals surface area contributed by atoms with Crippen molar-refractivity contribution in [2.24, 2.45) is 0 Å². The predicted molar refractivity (Wildman–Crippen MR) is 64.1 cm³/mol. The molecule has 0 fully saturated rings. The molecule has 4 nitrogen and oxygen atoms in total. The molecule has 0 saturated heterocycles. The van der Waals surface area contributed by atoms with Crippen LogP contribution in [0.15, 0.2) is 36.5 Å². The van der Waals surface area contributed by atoms with Crippen LogP contribution in [0.2, 0.25) is 0 Å². The second-order valence-corrected chi connectivity index (χ2v) is 3.87. The molecule has 0 bridgehead atoms. The van der Waals surface area contributed by atoms with E-state index in [1.165, 1.54) is 6.07 Å². The normalized spacial score (nSPS) is 12.5. The first-order valence-electron chi connectivity index (χ1n) is 5.56. The van der Waals surface area contributed by atoms with Gasteiger partial charge in [0.1, 0.15) is 0 Å². The standard InChI is InChI=1S/C13H11FN2O2/c14-10-2-1-5-15-13(10)16-7-9-3-4-11-12(6-9)18-8-17-11/h1-6H,7-8H2,(H,15,16). The summed E-state index contributed by atoms with van der Waals surface area (Å²) in [6.07, 6.45) is 1.55. The molecule has 0 aliphatic carbocycles. The molecular weight excluding hydrogens is 235 g/mol. The summed E-state index contributed by atoms with van der Waals surface area (Å²) in [6, 6.07) is 8.54. The summed E-state index contributed by atoms with van der Waals surface area (Å²) in [6.45, 7) is 0.728. The van der Waals surface area contributed by atoms with Gasteiger partial charge in [-0.15, -0.1) is 0 Å². The zero-order valence-corrected chi connectivity index (χ0v) is 9.52. The Morgan fingerprint density at radius 1 is 1.22 bits per heavy atom. The molecule has 1 N–H and O–H groups in total. The van der Waals surface area contributed by atoms with Crippen LogP contribution in [-0.4, -0.2) is 11.8 Å². The van der Waals surface area contributed by atoms with Crippen LogP contribution in [0.25, 0.3) is 0 Å². The van der Waals surface area contributed by atoms with Crippen LogP contribution >= 0.6 is 0 Å². The lowest BCUT2D eigenvalue weighted by Crippen LogP contribution is -2.03. The summed E-state index contributed by atoms with van der Waals surface area (Å²) in [5.41, 5.74) is 0.976. The van der Waals surface area contributed by atoms with Crippen LogP contribution in [0.3, 0.4) is 0 Å². The molecule has 1 aromatic heterocycles. The number of hydrogen-bond acceptors (Lipinski definition) is 4. The van der Waals surface area contributed by atoms with E-state index in [0.717, 1.165) is 17.1 Å². The highest BCUT2D eigenvalue weighted by molar-refractivity contribution is 5.45. The second kappa shape index (κ2) is 4.52. The zero-order valence-electron chi connectivity index (χ0n) is 9.52. The van der Waals surface area contributed by atoms with E-state index in [9.17, 15) is 4.39 Å². The van der Waals surface area contributed by atoms with Gasteiger partial charge in [0.05, 0.1) is 0 Å². The van der Waals surface area contributed by atoms with E-state index in [0.29, 0.717) is 6.54 Å². The van der Waals surface area contributed by atoms with E-state index < -0.39 is 0 Å². The summed E-state index contributed by atoms with van der Waals surface area (Å²) in [5.74, 6) is 1.34. The molecule has 1 aliphatic rings. The number of aromatic nitrogens is 1. The summed E-state index contributed by atoms with van der Waals surface area (Å²) in [4.78, 5) is 3.92. The maximum Gasteiger partial charge on any atom is 0.231 e. The fourth-order valence-electron chi connectivity index (χ4n) is 1.75. The van der Waals surface area contributed by atoms with Crippen molar-refractivity contribution in [3.8, 4) is 11.5 Å². The van der Waals surface area contributed by atoms with Crippen molar-refractivity contribution in [1.82, 2.24) is 4.98 Å². The molecule has 18 heavy (non-hydrogen) atoms. The van der Waals surface area contributed by atoms with Crippen molar-refractivity contribution in [2.45, 2.75) is 6.54 Å². The number of hydrogen-bond donors (Lipinski definition) is 1. The molecule has 0 atom stereocenters. The minimum Gasteiger partial charge on any atom is -0.454 e. The van der Waals surface area contributed by atoms with Crippen LogP contribution in [0.4, 0.5) is 10.2 Å². The Bertz CT molecular complexity index is 575. The average Bonchev–Trinajstić information content (AvgIpc) is 2.85. The molecule has 0 spiro atoms. The van der Waals surface area contributed by atoms with Crippen molar-refractivity contribution in [1.29, 1.82) is 0 Å². The lowest BCUT2D eigenvalue weighted by atomic mass is 10.2. The maximum atomic E-state index is 13.3. The van der Waals surface area contributed by atoms with E-state index in [2.05, 4.69) is 10.3 Å². The Kier molecular flexibility index (Phi) is 2.72. The lowest BCUT2D eigenvalue weighted by Gasteiger charge is -2.07. The third kappa shape index (κ3) is 2.07. The summed E-state index contributed by atoms with van der Waals surface area (Å²) in [5, 5.41) is 2.94. The van der Waals surface area contributed by atoms with E-state index in [4.69, 9.17) is 9.47 Å². The van der Waals surface area contributed by atoms with Gasteiger partial charge in [-0.1, -0.05) is 6.07 Å². The van der Waals surface area contributed by atoms with Crippen molar-refractivity contribution in [3.05, 3.63) is 47.9 Å². The first-order valence-corrected chi connectivity index (χ1v) is 5.56. The number of ether oxygens (including phenoxy) is 2. The first-order chi connectivity index (χ1) is 8.83. The van der Waals surface area contributed by atoms with Gasteiger partial charge in [-0.05, 0) is 29.8 Å². The van der Waals surface area contributed by atoms with Crippen molar-refractivity contribution in [2.75, 3.05) is 12.1 Å². The Hall–Kier alpha value is -2.30. The van der Waals surface area contributed by atoms with Gasteiger partial charge in [0.15, 0.2) is 23.1 Å². The number of halogens is 1. The van der Waals surface area contributed by atoms with Gasteiger partial charge < -0.3 is 14.8 Å². The van der Waals surface area contributed by atoms with Gasteiger partial charge in [0, 0.05) is 12.7 Å². The quantitative estimate of drug-likeness (QED) is 0.903. The number of benzene rings is 1. The SMILES string of the molecule is Fc1cccnc1NCc1ccc2c(c1)OCO2. The summed E-state index contributed by atoms with van der Waals surface area (Å²) in [7, 11) is 0. The lowest BCUT2D eigenvalue weighted by molar-refractivity contribution is 0.174. The predicted octanol–water partition coefficient (Wildman–Crippen LogP) is 2.56. The largest absolute Gasteiger partial charge is 0.454 e. The van der Waals surface area contributed by atoms with Crippen molar-refractivity contribution >= 4 is 5.82 Å². The van der Waals surface area contributed by atoms with Gasteiger partial charge in [-0.3, -0.25) is 0 Å². The minimum absolute atomic E-state index is 0.246. The third-order valence-electron chi connectivity index (χ3n) is 2.66. The number of rotatable bonds is 3. The number of nitrogens with one attached hydrogen (secondary N) is 1. The van der Waals surface area contributed by atoms with Crippen molar-refractivity contribution in [3.63, 3.8) is 0 Å². The molecule has 0 unspecified atom stereocenters. The Morgan fingerprint density at radius 3 is 3.00 bits per heavy atom. The van der Waals surface area contributed by atoms with E-state index in [-0.39, 0.29) is 18.4 Å². The molecule has 5 heteroatoms. The molecule has 2 heterocycles. The molecule has 1 aromatic carbocycles. The summed E-state index contributed by atoms with van der Waals surface area (Å²) < 4.78 is 23.8. The van der Waals surface area contributed by atoms with E-state index >= 15 is 0 Å². The topological polar surface area (TPSA) is 43.4 Å². The highest BCUT2D eigenvalue weighted by Gasteiger charge is 2.13. The fourth-order valence-corrected chi connectivity index (χ4v) is 1.75. The van der Waals surface area contributed by atoms with Crippen LogP contribution < -0.4 is 14.8 Å². The van der Waals surface area contributed by atoms with Gasteiger partial charge in [0.2, 0.25) is 6.79 Å². The van der Waals surface area contributed by atoms with E-state index in [1.807, 2.05) is 18.2 Å². The first kappa shape index (κ1) is 10.8. The van der Waals surface area contributed by atoms with E-state index in [1.54, 1.807) is 12.3 Å². The Labute approximate surface area is 103 Å². The smallest absolute Gasteiger partial charge is 0.231 e. The number of fused-ring (bicyclic) bond motifs is 1. The molecule has 3 rings (SSSR count). The molecule has 0 amide bonds. The second-order valence-electron chi connectivity index (χ2n) is 3.87. The monoisotopic (exact) mass is 246 g/mol. The zero-order chi connectivity index (χ0) is 12.4. The molecule has 1 aliphatic heterocycles. The number of nitrogens with zero attached hydrogens (tertiary/aromatic N) is 1. The number of pyridine rings is 1. The maximum absolute atomic E-state index is 13.3. The van der Waals surface area contributed by atoms with Crippen LogP contribution in [-0.2, 0) is 6.54 Å². The van der Waals surface area contributed by atoms with Crippen LogP contribution in [0, 0.1) is 5.82 Å². The Morgan fingerprint density at radius 2 is 2.11 bits per heavy atom. The van der Waals surface area contributed by atoms with Crippen molar-refractivity contribution < 1.29 is 13.9 Å². The van der Waals surface area contributed by atoms with Crippen LogP contribution in [0.5, 0.6) is 11.5 Å². The van der Waals surface area contributed by atoms with Gasteiger partial charge in [-0.25, -0.2) is 9.37 Å². The molecule has 2 aromatic rings. The van der Waals surface area contributed by atoms with Gasteiger partial charge >= 0.3 is 0 Å². The fraction of sp³-hybridized carbons (Fsp3) is 0.154. The third-order valence-corrected chi connectivity index (χ3v) is 2.66. The van der Waals surface area contributed by atoms with Crippen LogP contribution in [0.1, 0.15) is 5.56 Å². The van der Waals surface area contributed by atoms with Gasteiger partial charge in [0.25, 0.3) is 0 Å². The highest BCUT2D eigenvalue weighted by Crippen LogP contribution is 2.32. The summed E-state index contributed by atoms with van der Waals surface area (Å²) >= 11 is 0. The average molecular weight is 246 g/mol. The molecule has 0 saturated carbocycles. The number of anilines is 1. The molecule has 0 radical (unpaired) electrons. The minimum atomic E-state index is -0.363. The highest BCUT2D eigenvalue weighted by atomic mass is 19.1.